The van der Waals surface area contributed by atoms with Crippen molar-refractivity contribution in [3.05, 3.63) is 35.0 Å². The van der Waals surface area contributed by atoms with Crippen LogP contribution in [0.25, 0.3) is 10.2 Å². The zero-order valence-electron chi connectivity index (χ0n) is 14.3. The average molecular weight is 341 g/mol. The molecule has 0 spiro atoms. The summed E-state index contributed by atoms with van der Waals surface area (Å²) in [5.41, 5.74) is 1.51. The lowest BCUT2D eigenvalue weighted by Gasteiger charge is -2.20. The number of rotatable bonds is 5. The lowest BCUT2D eigenvalue weighted by atomic mass is 9.97. The molecule has 0 saturated heterocycles. The molecule has 0 radical (unpaired) electrons. The lowest BCUT2D eigenvalue weighted by Crippen LogP contribution is -2.21. The summed E-state index contributed by atoms with van der Waals surface area (Å²) >= 11 is 1.86. The normalized spacial score (nSPS) is 14.1. The maximum absolute atomic E-state index is 4.62. The number of aryl methyl sites for hydroxylation is 4. The Morgan fingerprint density at radius 3 is 2.92 bits per heavy atom. The van der Waals surface area contributed by atoms with Crippen LogP contribution in [-0.4, -0.2) is 33.1 Å². The third kappa shape index (κ3) is 2.79. The standard InChI is InChI=1S/C18H23N5S/c1-13-19-8-11-23(13)10-5-9-22(2)17-16-14-6-3-4-7-15(14)24-18(16)21-12-20-17/h8,11-12H,3-7,9-10H2,1-2H3. The van der Waals surface area contributed by atoms with Crippen LogP contribution in [0.2, 0.25) is 0 Å². The minimum Gasteiger partial charge on any atom is -0.359 e. The number of nitrogens with zero attached hydrogens (tertiary/aromatic N) is 5. The van der Waals surface area contributed by atoms with Crippen LogP contribution in [0.1, 0.15) is 35.5 Å². The summed E-state index contributed by atoms with van der Waals surface area (Å²) in [6.45, 7) is 4.02. The first-order chi connectivity index (χ1) is 11.7. The van der Waals surface area contributed by atoms with Gasteiger partial charge in [-0.1, -0.05) is 0 Å². The van der Waals surface area contributed by atoms with Crippen molar-refractivity contribution in [2.45, 2.75) is 45.6 Å². The van der Waals surface area contributed by atoms with Gasteiger partial charge in [0.15, 0.2) is 0 Å². The van der Waals surface area contributed by atoms with Gasteiger partial charge in [-0.05, 0) is 44.6 Å². The first-order valence-electron chi connectivity index (χ1n) is 8.68. The van der Waals surface area contributed by atoms with Gasteiger partial charge in [0.05, 0.1) is 5.39 Å². The van der Waals surface area contributed by atoms with Crippen LogP contribution in [0.15, 0.2) is 18.7 Å². The number of thiophene rings is 1. The Hall–Kier alpha value is -1.95. The summed E-state index contributed by atoms with van der Waals surface area (Å²) < 4.78 is 2.20. The molecule has 0 bridgehead atoms. The van der Waals surface area contributed by atoms with Gasteiger partial charge in [0.25, 0.3) is 0 Å². The fourth-order valence-electron chi connectivity index (χ4n) is 3.59. The van der Waals surface area contributed by atoms with Gasteiger partial charge in [-0.3, -0.25) is 0 Å². The first-order valence-corrected chi connectivity index (χ1v) is 9.50. The van der Waals surface area contributed by atoms with Crippen LogP contribution < -0.4 is 4.90 Å². The Balaban J connectivity index is 1.54. The Morgan fingerprint density at radius 2 is 2.08 bits per heavy atom. The maximum Gasteiger partial charge on any atom is 0.140 e. The third-order valence-electron chi connectivity index (χ3n) is 4.91. The topological polar surface area (TPSA) is 46.8 Å². The van der Waals surface area contributed by atoms with E-state index < -0.39 is 0 Å². The van der Waals surface area contributed by atoms with E-state index in [1.165, 1.54) is 41.5 Å². The molecule has 126 valence electrons. The number of anilines is 1. The van der Waals surface area contributed by atoms with E-state index in [1.807, 2.05) is 23.7 Å². The molecule has 0 saturated carbocycles. The van der Waals surface area contributed by atoms with Crippen molar-refractivity contribution in [3.8, 4) is 0 Å². The Labute approximate surface area is 146 Å². The molecule has 3 aromatic heterocycles. The summed E-state index contributed by atoms with van der Waals surface area (Å²) in [5.74, 6) is 2.18. The van der Waals surface area contributed by atoms with Gasteiger partial charge in [0.1, 0.15) is 22.8 Å². The zero-order valence-corrected chi connectivity index (χ0v) is 15.1. The SMILES string of the molecule is Cc1nccn1CCCN(C)c1ncnc2sc3c(c12)CCCC3. The van der Waals surface area contributed by atoms with Gasteiger partial charge >= 0.3 is 0 Å². The highest BCUT2D eigenvalue weighted by Crippen LogP contribution is 2.38. The van der Waals surface area contributed by atoms with Gasteiger partial charge in [-0.15, -0.1) is 11.3 Å². The van der Waals surface area contributed by atoms with E-state index in [0.29, 0.717) is 0 Å². The number of hydrogen-bond acceptors (Lipinski definition) is 5. The molecule has 3 heterocycles. The van der Waals surface area contributed by atoms with Crippen molar-refractivity contribution in [2.24, 2.45) is 0 Å². The predicted molar refractivity (Wildman–Crippen MR) is 98.9 cm³/mol. The van der Waals surface area contributed by atoms with Crippen LogP contribution in [0.3, 0.4) is 0 Å². The Kier molecular flexibility index (Phi) is 4.22. The quantitative estimate of drug-likeness (QED) is 0.711. The molecule has 0 N–H and O–H groups in total. The van der Waals surface area contributed by atoms with Gasteiger partial charge in [-0.2, -0.15) is 0 Å². The molecule has 3 aromatic rings. The minimum absolute atomic E-state index is 0.981. The molecule has 5 nitrogen and oxygen atoms in total. The van der Waals surface area contributed by atoms with Crippen LogP contribution in [0.5, 0.6) is 0 Å². The number of aromatic nitrogens is 4. The summed E-state index contributed by atoms with van der Waals surface area (Å²) in [7, 11) is 2.15. The van der Waals surface area contributed by atoms with Crippen molar-refractivity contribution < 1.29 is 0 Å². The van der Waals surface area contributed by atoms with E-state index in [4.69, 9.17) is 0 Å². The van der Waals surface area contributed by atoms with E-state index in [1.54, 1.807) is 6.33 Å². The third-order valence-corrected chi connectivity index (χ3v) is 6.11. The second kappa shape index (κ2) is 6.51. The molecule has 1 aliphatic rings. The van der Waals surface area contributed by atoms with Crippen molar-refractivity contribution in [3.63, 3.8) is 0 Å². The summed E-state index contributed by atoms with van der Waals surface area (Å²) in [4.78, 5) is 18.4. The second-order valence-corrected chi connectivity index (χ2v) is 7.61. The minimum atomic E-state index is 0.981. The number of imidazole rings is 1. The van der Waals surface area contributed by atoms with Gasteiger partial charge in [0.2, 0.25) is 0 Å². The molecule has 0 atom stereocenters. The molecule has 4 rings (SSSR count). The summed E-state index contributed by atoms with van der Waals surface area (Å²) in [6.07, 6.45) is 11.7. The molecule has 6 heteroatoms. The highest BCUT2D eigenvalue weighted by Gasteiger charge is 2.21. The van der Waals surface area contributed by atoms with Crippen molar-refractivity contribution in [2.75, 3.05) is 18.5 Å². The molecule has 0 unspecified atom stereocenters. The fraction of sp³-hybridized carbons (Fsp3) is 0.500. The smallest absolute Gasteiger partial charge is 0.140 e. The number of hydrogen-bond donors (Lipinski definition) is 0. The van der Waals surface area contributed by atoms with Gasteiger partial charge < -0.3 is 9.47 Å². The highest BCUT2D eigenvalue weighted by molar-refractivity contribution is 7.19. The monoisotopic (exact) mass is 341 g/mol. The zero-order chi connectivity index (χ0) is 16.5. The predicted octanol–water partition coefficient (Wildman–Crippen LogP) is 3.60. The largest absolute Gasteiger partial charge is 0.359 e. The maximum atomic E-state index is 4.62. The van der Waals surface area contributed by atoms with Crippen LogP contribution in [0.4, 0.5) is 5.82 Å². The highest BCUT2D eigenvalue weighted by atomic mass is 32.1. The Morgan fingerprint density at radius 1 is 1.21 bits per heavy atom. The summed E-state index contributed by atoms with van der Waals surface area (Å²) in [6, 6.07) is 0. The van der Waals surface area contributed by atoms with Crippen LogP contribution >= 0.6 is 11.3 Å². The van der Waals surface area contributed by atoms with E-state index in [9.17, 15) is 0 Å². The molecule has 24 heavy (non-hydrogen) atoms. The molecule has 0 aliphatic heterocycles. The van der Waals surface area contributed by atoms with Crippen molar-refractivity contribution in [1.82, 2.24) is 19.5 Å². The average Bonchev–Trinajstić information content (AvgIpc) is 3.18. The second-order valence-electron chi connectivity index (χ2n) is 6.53. The van der Waals surface area contributed by atoms with E-state index in [0.717, 1.165) is 36.0 Å². The Bertz CT molecular complexity index is 850. The van der Waals surface area contributed by atoms with Crippen molar-refractivity contribution in [1.29, 1.82) is 0 Å². The number of fused-ring (bicyclic) bond motifs is 3. The van der Waals surface area contributed by atoms with E-state index in [2.05, 4.69) is 38.4 Å². The first kappa shape index (κ1) is 15.6. The van der Waals surface area contributed by atoms with Crippen LogP contribution in [0, 0.1) is 6.92 Å². The fourth-order valence-corrected chi connectivity index (χ4v) is 4.81. The van der Waals surface area contributed by atoms with E-state index >= 15 is 0 Å². The van der Waals surface area contributed by atoms with E-state index in [-0.39, 0.29) is 0 Å². The molecule has 0 amide bonds. The van der Waals surface area contributed by atoms with Crippen molar-refractivity contribution >= 4 is 27.4 Å². The van der Waals surface area contributed by atoms with Crippen LogP contribution in [-0.2, 0) is 19.4 Å². The summed E-state index contributed by atoms with van der Waals surface area (Å²) in [5, 5.41) is 1.30. The molecule has 1 aliphatic carbocycles. The molecular formula is C18H23N5S. The van der Waals surface area contributed by atoms with Gasteiger partial charge in [-0.25, -0.2) is 15.0 Å². The lowest BCUT2D eigenvalue weighted by molar-refractivity contribution is 0.621. The molecule has 0 fully saturated rings. The van der Waals surface area contributed by atoms with Gasteiger partial charge in [0, 0.05) is 37.4 Å². The molecular weight excluding hydrogens is 318 g/mol. The molecule has 0 aromatic carbocycles.